The van der Waals surface area contributed by atoms with Crippen molar-refractivity contribution in [2.24, 2.45) is 0 Å². The van der Waals surface area contributed by atoms with Crippen LogP contribution in [0.15, 0.2) is 18.5 Å². The summed E-state index contributed by atoms with van der Waals surface area (Å²) in [5.41, 5.74) is 0.537. The molecule has 86 valence electrons. The van der Waals surface area contributed by atoms with Gasteiger partial charge in [0.25, 0.3) is 0 Å². The zero-order chi connectivity index (χ0) is 11.5. The number of hydrogen-bond donors (Lipinski definition) is 1. The van der Waals surface area contributed by atoms with Crippen molar-refractivity contribution in [3.8, 4) is 0 Å². The summed E-state index contributed by atoms with van der Waals surface area (Å²) < 4.78 is 0. The van der Waals surface area contributed by atoms with Gasteiger partial charge in [0.15, 0.2) is 0 Å². The third kappa shape index (κ3) is 2.11. The molecule has 0 aliphatic carbocycles. The quantitative estimate of drug-likeness (QED) is 0.596. The number of aliphatic hydroxyl groups is 1. The van der Waals surface area contributed by atoms with Gasteiger partial charge < -0.3 is 10.0 Å². The SMILES string of the molecule is O=[N+]([O-])c1cnccc1N1CCCC(O)C1. The van der Waals surface area contributed by atoms with Crippen LogP contribution in [0.4, 0.5) is 11.4 Å². The van der Waals surface area contributed by atoms with Crippen LogP contribution in [0.2, 0.25) is 0 Å². The minimum absolute atomic E-state index is 0.00315. The molecule has 0 radical (unpaired) electrons. The lowest BCUT2D eigenvalue weighted by Gasteiger charge is -2.31. The third-order valence-electron chi connectivity index (χ3n) is 2.71. The van der Waals surface area contributed by atoms with Crippen molar-refractivity contribution in [3.63, 3.8) is 0 Å². The normalized spacial score (nSPS) is 20.8. The van der Waals surface area contributed by atoms with E-state index in [1.165, 1.54) is 12.4 Å². The van der Waals surface area contributed by atoms with Gasteiger partial charge in [0.05, 0.1) is 11.0 Å². The molecule has 1 saturated heterocycles. The predicted molar refractivity (Wildman–Crippen MR) is 58.3 cm³/mol. The van der Waals surface area contributed by atoms with Crippen molar-refractivity contribution in [1.29, 1.82) is 0 Å². The Labute approximate surface area is 92.7 Å². The van der Waals surface area contributed by atoms with E-state index in [1.54, 1.807) is 6.07 Å². The van der Waals surface area contributed by atoms with Crippen LogP contribution in [0.25, 0.3) is 0 Å². The fourth-order valence-electron chi connectivity index (χ4n) is 1.96. The number of pyridine rings is 1. The number of piperidine rings is 1. The molecule has 6 heteroatoms. The predicted octanol–water partition coefficient (Wildman–Crippen LogP) is 0.951. The maximum atomic E-state index is 10.8. The lowest BCUT2D eigenvalue weighted by molar-refractivity contribution is -0.384. The Morgan fingerprint density at radius 1 is 1.62 bits per heavy atom. The largest absolute Gasteiger partial charge is 0.391 e. The summed E-state index contributed by atoms with van der Waals surface area (Å²) in [6, 6.07) is 1.62. The van der Waals surface area contributed by atoms with Crippen LogP contribution in [0.5, 0.6) is 0 Å². The summed E-state index contributed by atoms with van der Waals surface area (Å²) in [4.78, 5) is 16.0. The number of nitrogens with zero attached hydrogens (tertiary/aromatic N) is 3. The van der Waals surface area contributed by atoms with Crippen molar-refractivity contribution in [1.82, 2.24) is 4.98 Å². The van der Waals surface area contributed by atoms with Gasteiger partial charge in [-0.1, -0.05) is 0 Å². The van der Waals surface area contributed by atoms with Gasteiger partial charge in [0.2, 0.25) is 0 Å². The molecule has 0 amide bonds. The third-order valence-corrected chi connectivity index (χ3v) is 2.71. The molecule has 6 nitrogen and oxygen atoms in total. The summed E-state index contributed by atoms with van der Waals surface area (Å²) in [5, 5.41) is 20.4. The number of anilines is 1. The highest BCUT2D eigenvalue weighted by Gasteiger charge is 2.24. The second-order valence-electron chi connectivity index (χ2n) is 3.86. The van der Waals surface area contributed by atoms with E-state index in [-0.39, 0.29) is 5.69 Å². The minimum atomic E-state index is -0.441. The molecule has 16 heavy (non-hydrogen) atoms. The fourth-order valence-corrected chi connectivity index (χ4v) is 1.96. The van der Waals surface area contributed by atoms with E-state index in [4.69, 9.17) is 0 Å². The standard InChI is InChI=1S/C10H13N3O3/c14-8-2-1-5-12(7-8)9-3-4-11-6-10(9)13(15)16/h3-4,6,8,14H,1-2,5,7H2. The van der Waals surface area contributed by atoms with Crippen molar-refractivity contribution in [2.45, 2.75) is 18.9 Å². The molecule has 1 aliphatic heterocycles. The highest BCUT2D eigenvalue weighted by molar-refractivity contribution is 5.61. The Balaban J connectivity index is 2.28. The summed E-state index contributed by atoms with van der Waals surface area (Å²) in [7, 11) is 0. The maximum absolute atomic E-state index is 10.8. The first-order valence-corrected chi connectivity index (χ1v) is 5.20. The molecule has 1 aromatic heterocycles. The molecular formula is C10H13N3O3. The topological polar surface area (TPSA) is 79.5 Å². The Hall–Kier alpha value is -1.69. The average molecular weight is 223 g/mol. The Bertz CT molecular complexity index is 397. The Kier molecular flexibility index (Phi) is 3.00. The Morgan fingerprint density at radius 3 is 3.12 bits per heavy atom. The number of hydrogen-bond acceptors (Lipinski definition) is 5. The lowest BCUT2D eigenvalue weighted by Crippen LogP contribution is -2.38. The van der Waals surface area contributed by atoms with Crippen LogP contribution in [0.3, 0.4) is 0 Å². The molecular weight excluding hydrogens is 210 g/mol. The van der Waals surface area contributed by atoms with E-state index in [2.05, 4.69) is 4.98 Å². The van der Waals surface area contributed by atoms with Gasteiger partial charge >= 0.3 is 5.69 Å². The van der Waals surface area contributed by atoms with Crippen molar-refractivity contribution in [2.75, 3.05) is 18.0 Å². The molecule has 1 unspecified atom stereocenters. The molecule has 1 aliphatic rings. The molecule has 0 spiro atoms. The summed E-state index contributed by atoms with van der Waals surface area (Å²) in [5.74, 6) is 0. The lowest BCUT2D eigenvalue weighted by atomic mass is 10.1. The van der Waals surface area contributed by atoms with Crippen LogP contribution in [-0.2, 0) is 0 Å². The van der Waals surface area contributed by atoms with Crippen LogP contribution in [0.1, 0.15) is 12.8 Å². The molecule has 0 saturated carbocycles. The van der Waals surface area contributed by atoms with E-state index in [0.29, 0.717) is 12.2 Å². The first-order chi connectivity index (χ1) is 7.68. The number of rotatable bonds is 2. The fraction of sp³-hybridized carbons (Fsp3) is 0.500. The van der Waals surface area contributed by atoms with Crippen molar-refractivity contribution < 1.29 is 10.0 Å². The smallest absolute Gasteiger partial charge is 0.310 e. The van der Waals surface area contributed by atoms with Gasteiger partial charge in [0, 0.05) is 19.3 Å². The molecule has 1 aromatic rings. The van der Waals surface area contributed by atoms with Gasteiger partial charge in [-0.15, -0.1) is 0 Å². The van der Waals surface area contributed by atoms with Crippen LogP contribution in [-0.4, -0.2) is 34.2 Å². The van der Waals surface area contributed by atoms with Crippen LogP contribution < -0.4 is 4.90 Å². The monoisotopic (exact) mass is 223 g/mol. The summed E-state index contributed by atoms with van der Waals surface area (Å²) in [6.45, 7) is 1.19. The number of β-amino-alcohol motifs (C(OH)–C–C–N with tert-alkyl or cyclic N) is 1. The van der Waals surface area contributed by atoms with Gasteiger partial charge in [-0.25, -0.2) is 0 Å². The molecule has 0 aromatic carbocycles. The number of aromatic nitrogens is 1. The van der Waals surface area contributed by atoms with Crippen LogP contribution >= 0.6 is 0 Å². The molecule has 2 heterocycles. The molecule has 1 atom stereocenters. The zero-order valence-electron chi connectivity index (χ0n) is 8.74. The highest BCUT2D eigenvalue weighted by atomic mass is 16.6. The molecule has 2 rings (SSSR count). The molecule has 0 bridgehead atoms. The molecule has 1 N–H and O–H groups in total. The van der Waals surface area contributed by atoms with Gasteiger partial charge in [-0.2, -0.15) is 0 Å². The number of aliphatic hydroxyl groups excluding tert-OH is 1. The minimum Gasteiger partial charge on any atom is -0.391 e. The second kappa shape index (κ2) is 4.44. The van der Waals surface area contributed by atoms with Gasteiger partial charge in [-0.3, -0.25) is 15.1 Å². The van der Waals surface area contributed by atoms with Gasteiger partial charge in [-0.05, 0) is 18.9 Å². The van der Waals surface area contributed by atoms with E-state index >= 15 is 0 Å². The molecule has 1 fully saturated rings. The second-order valence-corrected chi connectivity index (χ2v) is 3.86. The summed E-state index contributed by atoms with van der Waals surface area (Å²) >= 11 is 0. The maximum Gasteiger partial charge on any atom is 0.310 e. The van der Waals surface area contributed by atoms with Gasteiger partial charge in [0.1, 0.15) is 11.9 Å². The highest BCUT2D eigenvalue weighted by Crippen LogP contribution is 2.28. The zero-order valence-corrected chi connectivity index (χ0v) is 8.74. The first-order valence-electron chi connectivity index (χ1n) is 5.20. The van der Waals surface area contributed by atoms with Crippen molar-refractivity contribution in [3.05, 3.63) is 28.6 Å². The van der Waals surface area contributed by atoms with E-state index < -0.39 is 11.0 Å². The number of nitro groups is 1. The van der Waals surface area contributed by atoms with Crippen molar-refractivity contribution >= 4 is 11.4 Å². The average Bonchev–Trinajstić information content (AvgIpc) is 2.29. The van der Waals surface area contributed by atoms with Crippen LogP contribution in [0, 0.1) is 10.1 Å². The van der Waals surface area contributed by atoms with E-state index in [1.807, 2.05) is 4.90 Å². The Morgan fingerprint density at radius 2 is 2.44 bits per heavy atom. The summed E-state index contributed by atoms with van der Waals surface area (Å²) in [6.07, 6.45) is 3.98. The van der Waals surface area contributed by atoms with E-state index in [0.717, 1.165) is 19.4 Å². The first kappa shape index (κ1) is 10.8. The van der Waals surface area contributed by atoms with E-state index in [9.17, 15) is 15.2 Å².